The third-order valence-electron chi connectivity index (χ3n) is 2.67. The number of hydrogen-bond donors (Lipinski definition) is 1. The molecule has 0 aromatic heterocycles. The Balaban J connectivity index is 2.43. The summed E-state index contributed by atoms with van der Waals surface area (Å²) in [5.74, 6) is -0.298. The first-order valence-electron chi connectivity index (χ1n) is 5.44. The Bertz CT molecular complexity index is 492. The van der Waals surface area contributed by atoms with E-state index in [1.807, 2.05) is 13.0 Å². The maximum atomic E-state index is 13.4. The van der Waals surface area contributed by atoms with Crippen molar-refractivity contribution in [2.75, 3.05) is 0 Å². The summed E-state index contributed by atoms with van der Waals surface area (Å²) in [6.07, 6.45) is 0. The number of aryl methyl sites for hydroxylation is 1. The molecule has 0 radical (unpaired) electrons. The summed E-state index contributed by atoms with van der Waals surface area (Å²) in [4.78, 5) is 0. The second kappa shape index (κ2) is 5.27. The summed E-state index contributed by atoms with van der Waals surface area (Å²) in [5, 5.41) is 1.03. The molecule has 0 amide bonds. The SMILES string of the molecule is Cc1cc(F)cc(C(N)c2cc(Cl)cc(Cl)c2)c1. The second-order valence-electron chi connectivity index (χ2n) is 4.24. The molecule has 1 nitrogen and oxygen atoms in total. The van der Waals surface area contributed by atoms with Gasteiger partial charge in [0, 0.05) is 10.0 Å². The lowest BCUT2D eigenvalue weighted by molar-refractivity contribution is 0.622. The van der Waals surface area contributed by atoms with Crippen LogP contribution < -0.4 is 5.73 Å². The molecule has 0 aliphatic carbocycles. The highest BCUT2D eigenvalue weighted by atomic mass is 35.5. The Labute approximate surface area is 115 Å². The van der Waals surface area contributed by atoms with E-state index in [9.17, 15) is 4.39 Å². The fourth-order valence-corrected chi connectivity index (χ4v) is 2.43. The molecule has 4 heteroatoms. The van der Waals surface area contributed by atoms with Crippen molar-refractivity contribution in [3.63, 3.8) is 0 Å². The number of rotatable bonds is 2. The molecule has 2 rings (SSSR count). The summed E-state index contributed by atoms with van der Waals surface area (Å²) in [6, 6.07) is 9.39. The van der Waals surface area contributed by atoms with Gasteiger partial charge in [0.2, 0.25) is 0 Å². The van der Waals surface area contributed by atoms with E-state index < -0.39 is 6.04 Å². The fraction of sp³-hybridized carbons (Fsp3) is 0.143. The summed E-state index contributed by atoms with van der Waals surface area (Å²) in [5.41, 5.74) is 8.40. The number of benzene rings is 2. The Morgan fingerprint density at radius 2 is 1.50 bits per heavy atom. The van der Waals surface area contributed by atoms with Gasteiger partial charge in [0.05, 0.1) is 6.04 Å². The maximum Gasteiger partial charge on any atom is 0.123 e. The highest BCUT2D eigenvalue weighted by Crippen LogP contribution is 2.27. The molecule has 0 saturated carbocycles. The third kappa shape index (κ3) is 3.02. The van der Waals surface area contributed by atoms with Gasteiger partial charge < -0.3 is 5.73 Å². The van der Waals surface area contributed by atoms with Gasteiger partial charge in [-0.15, -0.1) is 0 Å². The minimum atomic E-state index is -0.449. The minimum absolute atomic E-state index is 0.298. The molecule has 0 bridgehead atoms. The summed E-state index contributed by atoms with van der Waals surface area (Å²) >= 11 is 11.9. The Hall–Kier alpha value is -1.09. The Morgan fingerprint density at radius 1 is 0.944 bits per heavy atom. The summed E-state index contributed by atoms with van der Waals surface area (Å²) in [7, 11) is 0. The second-order valence-corrected chi connectivity index (χ2v) is 5.12. The van der Waals surface area contributed by atoms with Gasteiger partial charge in [-0.1, -0.05) is 29.3 Å². The number of nitrogens with two attached hydrogens (primary N) is 1. The van der Waals surface area contributed by atoms with Crippen LogP contribution in [0.2, 0.25) is 10.0 Å². The molecule has 1 atom stereocenters. The van der Waals surface area contributed by atoms with Gasteiger partial charge in [-0.05, 0) is 53.9 Å². The van der Waals surface area contributed by atoms with Crippen LogP contribution in [-0.2, 0) is 0 Å². The highest BCUT2D eigenvalue weighted by Gasteiger charge is 2.12. The van der Waals surface area contributed by atoms with Crippen molar-refractivity contribution in [1.29, 1.82) is 0 Å². The predicted octanol–water partition coefficient (Wildman–Crippen LogP) is 4.49. The zero-order chi connectivity index (χ0) is 13.3. The first-order valence-corrected chi connectivity index (χ1v) is 6.20. The Morgan fingerprint density at radius 3 is 2.06 bits per heavy atom. The smallest absolute Gasteiger partial charge is 0.123 e. The lowest BCUT2D eigenvalue weighted by Crippen LogP contribution is -2.12. The van der Waals surface area contributed by atoms with Gasteiger partial charge in [-0.3, -0.25) is 0 Å². The van der Waals surface area contributed by atoms with Gasteiger partial charge in [-0.2, -0.15) is 0 Å². The fourth-order valence-electron chi connectivity index (χ4n) is 1.89. The van der Waals surface area contributed by atoms with Gasteiger partial charge in [0.15, 0.2) is 0 Å². The standard InChI is InChI=1S/C14H12Cl2FN/c1-8-2-9(6-13(17)3-8)14(18)10-4-11(15)7-12(16)5-10/h2-7,14H,18H2,1H3. The molecule has 0 aliphatic rings. The molecule has 94 valence electrons. The van der Waals surface area contributed by atoms with Crippen LogP contribution in [0.3, 0.4) is 0 Å². The molecular formula is C14H12Cl2FN. The van der Waals surface area contributed by atoms with Crippen molar-refractivity contribution in [1.82, 2.24) is 0 Å². The van der Waals surface area contributed by atoms with Crippen molar-refractivity contribution >= 4 is 23.2 Å². The van der Waals surface area contributed by atoms with Crippen molar-refractivity contribution in [3.05, 3.63) is 69.0 Å². The van der Waals surface area contributed by atoms with Crippen molar-refractivity contribution < 1.29 is 4.39 Å². The molecule has 2 aromatic rings. The van der Waals surface area contributed by atoms with E-state index in [1.54, 1.807) is 18.2 Å². The highest BCUT2D eigenvalue weighted by molar-refractivity contribution is 6.34. The third-order valence-corrected chi connectivity index (χ3v) is 3.10. The monoisotopic (exact) mass is 283 g/mol. The number of halogens is 3. The van der Waals surface area contributed by atoms with E-state index in [1.165, 1.54) is 12.1 Å². The topological polar surface area (TPSA) is 26.0 Å². The van der Waals surface area contributed by atoms with Gasteiger partial charge >= 0.3 is 0 Å². The van der Waals surface area contributed by atoms with E-state index >= 15 is 0 Å². The lowest BCUT2D eigenvalue weighted by atomic mass is 9.98. The quantitative estimate of drug-likeness (QED) is 0.864. The van der Waals surface area contributed by atoms with Crippen molar-refractivity contribution in [3.8, 4) is 0 Å². The first kappa shape index (κ1) is 13.3. The molecule has 0 aliphatic heterocycles. The molecule has 0 fully saturated rings. The molecule has 18 heavy (non-hydrogen) atoms. The van der Waals surface area contributed by atoms with E-state index in [4.69, 9.17) is 28.9 Å². The van der Waals surface area contributed by atoms with Crippen LogP contribution >= 0.6 is 23.2 Å². The molecule has 0 heterocycles. The van der Waals surface area contributed by atoms with Gasteiger partial charge in [0.25, 0.3) is 0 Å². The van der Waals surface area contributed by atoms with Crippen LogP contribution in [-0.4, -0.2) is 0 Å². The minimum Gasteiger partial charge on any atom is -0.320 e. The molecule has 2 aromatic carbocycles. The van der Waals surface area contributed by atoms with Crippen LogP contribution in [0.4, 0.5) is 4.39 Å². The van der Waals surface area contributed by atoms with Crippen LogP contribution in [0.25, 0.3) is 0 Å². The summed E-state index contributed by atoms with van der Waals surface area (Å²) in [6.45, 7) is 1.82. The molecule has 0 saturated heterocycles. The van der Waals surface area contributed by atoms with E-state index in [-0.39, 0.29) is 5.82 Å². The average Bonchev–Trinajstić information content (AvgIpc) is 2.25. The van der Waals surface area contributed by atoms with Crippen LogP contribution in [0, 0.1) is 12.7 Å². The zero-order valence-electron chi connectivity index (χ0n) is 9.75. The van der Waals surface area contributed by atoms with Crippen LogP contribution in [0.5, 0.6) is 0 Å². The van der Waals surface area contributed by atoms with Crippen molar-refractivity contribution in [2.24, 2.45) is 5.73 Å². The van der Waals surface area contributed by atoms with Crippen LogP contribution in [0.15, 0.2) is 36.4 Å². The van der Waals surface area contributed by atoms with Crippen molar-refractivity contribution in [2.45, 2.75) is 13.0 Å². The average molecular weight is 284 g/mol. The molecule has 0 spiro atoms. The largest absolute Gasteiger partial charge is 0.320 e. The maximum absolute atomic E-state index is 13.4. The molecule has 1 unspecified atom stereocenters. The van der Waals surface area contributed by atoms with Gasteiger partial charge in [0.1, 0.15) is 5.82 Å². The van der Waals surface area contributed by atoms with Gasteiger partial charge in [-0.25, -0.2) is 4.39 Å². The lowest BCUT2D eigenvalue weighted by Gasteiger charge is -2.14. The molecule has 2 N–H and O–H groups in total. The normalized spacial score (nSPS) is 12.5. The summed E-state index contributed by atoms with van der Waals surface area (Å²) < 4.78 is 13.4. The Kier molecular flexibility index (Phi) is 3.91. The first-order chi connectivity index (χ1) is 8.45. The van der Waals surface area contributed by atoms with E-state index in [0.717, 1.165) is 11.1 Å². The van der Waals surface area contributed by atoms with E-state index in [0.29, 0.717) is 15.6 Å². The molecular weight excluding hydrogens is 272 g/mol. The zero-order valence-corrected chi connectivity index (χ0v) is 11.3. The predicted molar refractivity (Wildman–Crippen MR) is 73.6 cm³/mol. The number of hydrogen-bond acceptors (Lipinski definition) is 1. The van der Waals surface area contributed by atoms with E-state index in [2.05, 4.69) is 0 Å². The van der Waals surface area contributed by atoms with Crippen LogP contribution in [0.1, 0.15) is 22.7 Å².